The average molecular weight is 363 g/mol. The molecule has 0 aliphatic rings. The van der Waals surface area contributed by atoms with Crippen molar-refractivity contribution in [1.29, 1.82) is 0 Å². The quantitative estimate of drug-likeness (QED) is 0.704. The molecule has 0 bridgehead atoms. The highest BCUT2D eigenvalue weighted by Gasteiger charge is 2.26. The Morgan fingerprint density at radius 1 is 1.12 bits per heavy atom. The van der Waals surface area contributed by atoms with Crippen LogP contribution in [0.3, 0.4) is 0 Å². The summed E-state index contributed by atoms with van der Waals surface area (Å²) in [7, 11) is 1.92. The predicted molar refractivity (Wildman–Crippen MR) is 97.2 cm³/mol. The van der Waals surface area contributed by atoms with Gasteiger partial charge in [-0.2, -0.15) is 13.2 Å². The lowest BCUT2D eigenvalue weighted by Crippen LogP contribution is -2.21. The fourth-order valence-electron chi connectivity index (χ4n) is 2.76. The highest BCUT2D eigenvalue weighted by atomic mass is 19.4. The number of nitrogens with zero attached hydrogens (tertiary/aromatic N) is 3. The Morgan fingerprint density at radius 3 is 2.58 bits per heavy atom. The van der Waals surface area contributed by atoms with Crippen molar-refractivity contribution in [1.82, 2.24) is 14.5 Å². The summed E-state index contributed by atoms with van der Waals surface area (Å²) in [5.74, 6) is 0.966. The van der Waals surface area contributed by atoms with Gasteiger partial charge in [-0.1, -0.05) is 0 Å². The maximum absolute atomic E-state index is 12.4. The van der Waals surface area contributed by atoms with Crippen LogP contribution in [0, 0.1) is 0 Å². The van der Waals surface area contributed by atoms with E-state index >= 15 is 0 Å². The van der Waals surface area contributed by atoms with Crippen molar-refractivity contribution in [3.8, 4) is 11.3 Å². The number of halogens is 3. The van der Waals surface area contributed by atoms with Crippen molar-refractivity contribution in [2.75, 3.05) is 17.2 Å². The van der Waals surface area contributed by atoms with Crippen LogP contribution in [-0.2, 0) is 7.05 Å². The fourth-order valence-corrected chi connectivity index (χ4v) is 2.76. The molecule has 5 nitrogen and oxygen atoms in total. The number of fused-ring (bicyclic) bond motifs is 1. The van der Waals surface area contributed by atoms with Crippen LogP contribution in [0.5, 0.6) is 0 Å². The Morgan fingerprint density at radius 2 is 1.88 bits per heavy atom. The zero-order valence-electron chi connectivity index (χ0n) is 14.7. The van der Waals surface area contributed by atoms with E-state index in [0.29, 0.717) is 0 Å². The molecule has 0 aliphatic heterocycles. The number of aromatic nitrogens is 3. The number of rotatable bonds is 5. The first-order valence-corrected chi connectivity index (χ1v) is 8.22. The maximum atomic E-state index is 12.4. The highest BCUT2D eigenvalue weighted by molar-refractivity contribution is 5.88. The Bertz CT molecular complexity index is 915. The molecule has 0 radical (unpaired) electrons. The molecule has 2 N–H and O–H groups in total. The molecule has 0 saturated carbocycles. The van der Waals surface area contributed by atoms with Gasteiger partial charge >= 0.3 is 6.18 Å². The van der Waals surface area contributed by atoms with Gasteiger partial charge in [0.05, 0.1) is 5.52 Å². The molecular formula is C18H20F3N5. The lowest BCUT2D eigenvalue weighted by Gasteiger charge is -2.11. The molecule has 8 heteroatoms. The molecular weight excluding hydrogens is 343 g/mol. The summed E-state index contributed by atoms with van der Waals surface area (Å²) >= 11 is 0. The van der Waals surface area contributed by atoms with Gasteiger partial charge in [-0.05, 0) is 32.0 Å². The van der Waals surface area contributed by atoms with E-state index in [1.54, 1.807) is 18.3 Å². The van der Waals surface area contributed by atoms with Crippen LogP contribution >= 0.6 is 0 Å². The van der Waals surface area contributed by atoms with Gasteiger partial charge in [-0.15, -0.1) is 0 Å². The van der Waals surface area contributed by atoms with Crippen LogP contribution in [0.25, 0.3) is 22.2 Å². The molecule has 26 heavy (non-hydrogen) atoms. The molecule has 3 heterocycles. The topological polar surface area (TPSA) is 54.8 Å². The molecule has 0 saturated heterocycles. The normalized spacial score (nSPS) is 12.0. The van der Waals surface area contributed by atoms with Gasteiger partial charge in [-0.3, -0.25) is 0 Å². The first-order chi connectivity index (χ1) is 12.2. The Balaban J connectivity index is 1.94. The number of aryl methyl sites for hydroxylation is 1. The Hall–Kier alpha value is -2.77. The fraction of sp³-hybridized carbons (Fsp3) is 0.333. The molecule has 0 aliphatic carbocycles. The number of hydrogen-bond donors (Lipinski definition) is 2. The minimum Gasteiger partial charge on any atom is -0.368 e. The van der Waals surface area contributed by atoms with E-state index in [1.165, 1.54) is 6.20 Å². The van der Waals surface area contributed by atoms with E-state index in [4.69, 9.17) is 0 Å². The van der Waals surface area contributed by atoms with E-state index in [9.17, 15) is 13.2 Å². The van der Waals surface area contributed by atoms with Crippen molar-refractivity contribution >= 4 is 22.5 Å². The van der Waals surface area contributed by atoms with E-state index in [2.05, 4.69) is 20.6 Å². The highest BCUT2D eigenvalue weighted by Crippen LogP contribution is 2.29. The van der Waals surface area contributed by atoms with Gasteiger partial charge in [-0.25, -0.2) is 9.97 Å². The van der Waals surface area contributed by atoms with E-state index in [1.807, 2.05) is 37.6 Å². The standard InChI is InChI=1S/C18H20F3N5/c1-11(2)25-17-8-15-13(9-23-17)6-14(26(15)3)12-4-5-22-16(7-12)24-10-18(19,20)21/h4-9,11H,10H2,1-3H3,(H,22,24)(H,23,25). The second-order valence-corrected chi connectivity index (χ2v) is 6.41. The number of anilines is 2. The Labute approximate surface area is 149 Å². The zero-order chi connectivity index (χ0) is 18.9. The van der Waals surface area contributed by atoms with E-state index in [0.717, 1.165) is 28.0 Å². The molecule has 0 amide bonds. The third-order valence-corrected chi connectivity index (χ3v) is 3.89. The molecule has 138 valence electrons. The number of pyridine rings is 2. The third kappa shape index (κ3) is 4.07. The summed E-state index contributed by atoms with van der Waals surface area (Å²) < 4.78 is 39.2. The molecule has 0 aromatic carbocycles. The zero-order valence-corrected chi connectivity index (χ0v) is 14.7. The molecule has 0 fully saturated rings. The van der Waals surface area contributed by atoms with Crippen LogP contribution in [0.1, 0.15) is 13.8 Å². The summed E-state index contributed by atoms with van der Waals surface area (Å²) in [5, 5.41) is 6.53. The first kappa shape index (κ1) is 18.0. The summed E-state index contributed by atoms with van der Waals surface area (Å²) in [6, 6.07) is 7.57. The van der Waals surface area contributed by atoms with Crippen LogP contribution in [0.15, 0.2) is 36.7 Å². The maximum Gasteiger partial charge on any atom is 0.405 e. The first-order valence-electron chi connectivity index (χ1n) is 8.22. The SMILES string of the molecule is CC(C)Nc1cc2c(cn1)cc(-c1ccnc(NCC(F)(F)F)c1)n2C. The third-order valence-electron chi connectivity index (χ3n) is 3.89. The van der Waals surface area contributed by atoms with Crippen molar-refractivity contribution in [2.45, 2.75) is 26.1 Å². The summed E-state index contributed by atoms with van der Waals surface area (Å²) in [6.45, 7) is 2.95. The van der Waals surface area contributed by atoms with Crippen LogP contribution < -0.4 is 10.6 Å². The molecule has 3 aromatic heterocycles. The van der Waals surface area contributed by atoms with Crippen molar-refractivity contribution < 1.29 is 13.2 Å². The lowest BCUT2D eigenvalue weighted by atomic mass is 10.2. The molecule has 3 aromatic rings. The van der Waals surface area contributed by atoms with Gasteiger partial charge in [0.15, 0.2) is 0 Å². The van der Waals surface area contributed by atoms with Crippen LogP contribution in [-0.4, -0.2) is 33.3 Å². The number of hydrogen-bond acceptors (Lipinski definition) is 4. The molecule has 0 spiro atoms. The molecule has 0 atom stereocenters. The van der Waals surface area contributed by atoms with E-state index < -0.39 is 12.7 Å². The Kier molecular flexibility index (Phi) is 4.76. The number of alkyl halides is 3. The minimum absolute atomic E-state index is 0.186. The largest absolute Gasteiger partial charge is 0.405 e. The van der Waals surface area contributed by atoms with Crippen LogP contribution in [0.2, 0.25) is 0 Å². The van der Waals surface area contributed by atoms with Gasteiger partial charge in [0.25, 0.3) is 0 Å². The molecule has 0 unspecified atom stereocenters. The van der Waals surface area contributed by atoms with Gasteiger partial charge in [0, 0.05) is 48.2 Å². The second-order valence-electron chi connectivity index (χ2n) is 6.41. The summed E-state index contributed by atoms with van der Waals surface area (Å²) in [5.41, 5.74) is 2.64. The molecule has 3 rings (SSSR count). The van der Waals surface area contributed by atoms with Gasteiger partial charge < -0.3 is 15.2 Å². The average Bonchev–Trinajstić information content (AvgIpc) is 2.89. The van der Waals surface area contributed by atoms with Crippen molar-refractivity contribution in [3.63, 3.8) is 0 Å². The van der Waals surface area contributed by atoms with Crippen LogP contribution in [0.4, 0.5) is 24.8 Å². The predicted octanol–water partition coefficient (Wildman–Crippen LogP) is 4.43. The lowest BCUT2D eigenvalue weighted by molar-refractivity contribution is -0.115. The minimum atomic E-state index is -4.29. The second kappa shape index (κ2) is 6.86. The summed E-state index contributed by atoms with van der Waals surface area (Å²) in [6.07, 6.45) is -1.01. The van der Waals surface area contributed by atoms with Crippen molar-refractivity contribution in [2.24, 2.45) is 7.05 Å². The van der Waals surface area contributed by atoms with Crippen molar-refractivity contribution in [3.05, 3.63) is 36.7 Å². The summed E-state index contributed by atoms with van der Waals surface area (Å²) in [4.78, 5) is 8.35. The number of nitrogens with one attached hydrogen (secondary N) is 2. The van der Waals surface area contributed by atoms with E-state index in [-0.39, 0.29) is 11.9 Å². The monoisotopic (exact) mass is 363 g/mol. The van der Waals surface area contributed by atoms with Gasteiger partial charge in [0.2, 0.25) is 0 Å². The smallest absolute Gasteiger partial charge is 0.368 e. The van der Waals surface area contributed by atoms with Gasteiger partial charge in [0.1, 0.15) is 18.2 Å².